The molecular formula is C34H56O3. The maximum Gasteiger partial charge on any atom is 0.160 e. The zero-order valence-electron chi connectivity index (χ0n) is 25.7. The second-order valence-corrected chi connectivity index (χ2v) is 10.3. The SMILES string of the molecule is C/C=C(/C)CCCC(CC(C)C(C)C)C(O)Cc1ccc(OC)c(OC)c1.CC.Cc1ccccc1C. The molecule has 0 saturated heterocycles. The van der Waals surface area contributed by atoms with Crippen LogP contribution in [0.1, 0.15) is 90.8 Å². The van der Waals surface area contributed by atoms with Crippen molar-refractivity contribution in [3.05, 3.63) is 70.8 Å². The third-order valence-corrected chi connectivity index (χ3v) is 7.31. The van der Waals surface area contributed by atoms with Crippen LogP contribution >= 0.6 is 0 Å². The number of hydrogen-bond acceptors (Lipinski definition) is 3. The van der Waals surface area contributed by atoms with Crippen molar-refractivity contribution >= 4 is 0 Å². The third kappa shape index (κ3) is 13.7. The Labute approximate surface area is 229 Å². The van der Waals surface area contributed by atoms with Gasteiger partial charge in [-0.1, -0.05) is 76.6 Å². The van der Waals surface area contributed by atoms with Crippen molar-refractivity contribution in [1.29, 1.82) is 0 Å². The lowest BCUT2D eigenvalue weighted by Gasteiger charge is -2.28. The molecule has 0 spiro atoms. The first-order valence-corrected chi connectivity index (χ1v) is 14.2. The zero-order valence-corrected chi connectivity index (χ0v) is 25.7. The summed E-state index contributed by atoms with van der Waals surface area (Å²) in [5, 5.41) is 11.0. The van der Waals surface area contributed by atoms with Gasteiger partial charge in [-0.2, -0.15) is 0 Å². The van der Waals surface area contributed by atoms with Gasteiger partial charge in [-0.15, -0.1) is 0 Å². The van der Waals surface area contributed by atoms with Gasteiger partial charge in [0.15, 0.2) is 11.5 Å². The molecule has 0 aliphatic carbocycles. The molecule has 0 aromatic heterocycles. The van der Waals surface area contributed by atoms with E-state index in [0.29, 0.717) is 24.2 Å². The lowest BCUT2D eigenvalue weighted by atomic mass is 9.81. The third-order valence-electron chi connectivity index (χ3n) is 7.31. The van der Waals surface area contributed by atoms with Gasteiger partial charge in [0.2, 0.25) is 0 Å². The van der Waals surface area contributed by atoms with Gasteiger partial charge in [0, 0.05) is 0 Å². The van der Waals surface area contributed by atoms with Gasteiger partial charge in [0.25, 0.3) is 0 Å². The predicted molar refractivity (Wildman–Crippen MR) is 162 cm³/mol. The lowest BCUT2D eigenvalue weighted by Crippen LogP contribution is -2.26. The van der Waals surface area contributed by atoms with Gasteiger partial charge in [0.05, 0.1) is 20.3 Å². The van der Waals surface area contributed by atoms with Crippen LogP contribution in [0.15, 0.2) is 54.1 Å². The molecule has 0 fully saturated rings. The number of allylic oxidation sites excluding steroid dienone is 2. The summed E-state index contributed by atoms with van der Waals surface area (Å²) in [6.45, 7) is 19.4. The smallest absolute Gasteiger partial charge is 0.160 e. The summed E-state index contributed by atoms with van der Waals surface area (Å²) < 4.78 is 10.7. The monoisotopic (exact) mass is 512 g/mol. The van der Waals surface area contributed by atoms with E-state index in [1.54, 1.807) is 14.2 Å². The molecule has 3 heteroatoms. The molecule has 210 valence electrons. The largest absolute Gasteiger partial charge is 0.493 e. The lowest BCUT2D eigenvalue weighted by molar-refractivity contribution is 0.0821. The summed E-state index contributed by atoms with van der Waals surface area (Å²) in [4.78, 5) is 0. The molecule has 3 atom stereocenters. The molecule has 0 aliphatic heterocycles. The summed E-state index contributed by atoms with van der Waals surface area (Å²) in [5.74, 6) is 3.01. The van der Waals surface area contributed by atoms with Crippen molar-refractivity contribution < 1.29 is 14.6 Å². The van der Waals surface area contributed by atoms with Gasteiger partial charge in [-0.3, -0.25) is 0 Å². The molecule has 0 bridgehead atoms. The molecule has 2 rings (SSSR count). The number of ether oxygens (including phenoxy) is 2. The van der Waals surface area contributed by atoms with Crippen LogP contribution < -0.4 is 9.47 Å². The van der Waals surface area contributed by atoms with Gasteiger partial charge >= 0.3 is 0 Å². The summed E-state index contributed by atoms with van der Waals surface area (Å²) in [6, 6.07) is 14.3. The molecule has 3 unspecified atom stereocenters. The minimum Gasteiger partial charge on any atom is -0.493 e. The summed E-state index contributed by atoms with van der Waals surface area (Å²) in [6.07, 6.45) is 6.89. The fourth-order valence-corrected chi connectivity index (χ4v) is 4.08. The highest BCUT2D eigenvalue weighted by atomic mass is 16.5. The molecule has 1 N–H and O–H groups in total. The highest BCUT2D eigenvalue weighted by molar-refractivity contribution is 5.43. The molecule has 0 aliphatic rings. The van der Waals surface area contributed by atoms with E-state index >= 15 is 0 Å². The van der Waals surface area contributed by atoms with E-state index in [1.807, 2.05) is 32.0 Å². The van der Waals surface area contributed by atoms with E-state index in [9.17, 15) is 5.11 Å². The van der Waals surface area contributed by atoms with Crippen LogP contribution in [0.3, 0.4) is 0 Å². The second-order valence-electron chi connectivity index (χ2n) is 10.3. The molecule has 0 radical (unpaired) electrons. The topological polar surface area (TPSA) is 38.7 Å². The Morgan fingerprint density at radius 2 is 1.49 bits per heavy atom. The Hall–Kier alpha value is -2.26. The minimum atomic E-state index is -0.338. The average Bonchev–Trinajstić information content (AvgIpc) is 2.90. The maximum absolute atomic E-state index is 11.0. The van der Waals surface area contributed by atoms with Gasteiger partial charge in [0.1, 0.15) is 0 Å². The predicted octanol–water partition coefficient (Wildman–Crippen LogP) is 9.37. The van der Waals surface area contributed by atoms with Crippen LogP contribution in [0.2, 0.25) is 0 Å². The first kappa shape index (κ1) is 34.7. The van der Waals surface area contributed by atoms with Crippen molar-refractivity contribution in [3.8, 4) is 11.5 Å². The highest BCUT2D eigenvalue weighted by Crippen LogP contribution is 2.31. The van der Waals surface area contributed by atoms with Crippen LogP contribution in [0.5, 0.6) is 11.5 Å². The maximum atomic E-state index is 11.0. The standard InChI is InChI=1S/C24H40O3.C8H10.C2H6/c1-8-18(4)10-9-11-21(14-19(5)17(2)3)22(25)15-20-12-13-23(26-6)24(16-20)27-7;1-7-5-3-4-6-8(7)2;1-2/h8,12-13,16-17,19,21-22,25H,9-11,14-15H2,1-7H3;3-6H,1-2H3;1-2H3/b18-8-;;. The molecule has 0 saturated carbocycles. The molecule has 37 heavy (non-hydrogen) atoms. The summed E-state index contributed by atoms with van der Waals surface area (Å²) in [7, 11) is 3.29. The molecule has 2 aromatic rings. The number of benzene rings is 2. The fraction of sp³-hybridized carbons (Fsp3) is 0.588. The Kier molecular flexibility index (Phi) is 18.6. The van der Waals surface area contributed by atoms with Crippen LogP contribution in [-0.4, -0.2) is 25.4 Å². The molecule has 2 aromatic carbocycles. The zero-order chi connectivity index (χ0) is 28.4. The Bertz CT molecular complexity index is 863. The van der Waals surface area contributed by atoms with Crippen molar-refractivity contribution in [2.75, 3.05) is 14.2 Å². The second kappa shape index (κ2) is 19.8. The molecule has 0 heterocycles. The van der Waals surface area contributed by atoms with Crippen LogP contribution in [0.25, 0.3) is 0 Å². The Morgan fingerprint density at radius 3 is 1.95 bits per heavy atom. The van der Waals surface area contributed by atoms with Crippen molar-refractivity contribution in [1.82, 2.24) is 0 Å². The van der Waals surface area contributed by atoms with E-state index in [1.165, 1.54) is 16.7 Å². The van der Waals surface area contributed by atoms with Crippen LogP contribution in [0, 0.1) is 31.6 Å². The van der Waals surface area contributed by atoms with E-state index in [0.717, 1.165) is 42.7 Å². The highest BCUT2D eigenvalue weighted by Gasteiger charge is 2.23. The van der Waals surface area contributed by atoms with Crippen molar-refractivity contribution in [3.63, 3.8) is 0 Å². The Balaban J connectivity index is 0.00000108. The number of hydrogen-bond donors (Lipinski definition) is 1. The van der Waals surface area contributed by atoms with Gasteiger partial charge in [-0.05, 0) is 106 Å². The van der Waals surface area contributed by atoms with Gasteiger partial charge < -0.3 is 14.6 Å². The van der Waals surface area contributed by atoms with Crippen molar-refractivity contribution in [2.45, 2.75) is 101 Å². The van der Waals surface area contributed by atoms with E-state index in [2.05, 4.69) is 78.8 Å². The number of aliphatic hydroxyl groups is 1. The molecule has 0 amide bonds. The van der Waals surface area contributed by atoms with Crippen LogP contribution in [-0.2, 0) is 6.42 Å². The molecular weight excluding hydrogens is 456 g/mol. The molecule has 3 nitrogen and oxygen atoms in total. The van der Waals surface area contributed by atoms with E-state index in [4.69, 9.17) is 9.47 Å². The van der Waals surface area contributed by atoms with Crippen LogP contribution in [0.4, 0.5) is 0 Å². The number of rotatable bonds is 12. The minimum absolute atomic E-state index is 0.320. The van der Waals surface area contributed by atoms with Crippen molar-refractivity contribution in [2.24, 2.45) is 17.8 Å². The van der Waals surface area contributed by atoms with E-state index in [-0.39, 0.29) is 6.10 Å². The average molecular weight is 513 g/mol. The number of aryl methyl sites for hydroxylation is 2. The first-order valence-electron chi connectivity index (χ1n) is 14.2. The normalized spacial score (nSPS) is 13.5. The van der Waals surface area contributed by atoms with E-state index < -0.39 is 0 Å². The Morgan fingerprint density at radius 1 is 0.919 bits per heavy atom. The van der Waals surface area contributed by atoms with Gasteiger partial charge in [-0.25, -0.2) is 0 Å². The number of aliphatic hydroxyl groups excluding tert-OH is 1. The summed E-state index contributed by atoms with van der Waals surface area (Å²) >= 11 is 0. The summed E-state index contributed by atoms with van der Waals surface area (Å²) in [5.41, 5.74) is 5.26. The quantitative estimate of drug-likeness (QED) is 0.288. The fourth-order valence-electron chi connectivity index (χ4n) is 4.08. The number of methoxy groups -OCH3 is 2. The first-order chi connectivity index (χ1) is 17.6.